The Balaban J connectivity index is 1.31. The van der Waals surface area contributed by atoms with E-state index in [9.17, 15) is 13.6 Å². The molecule has 29 heavy (non-hydrogen) atoms. The van der Waals surface area contributed by atoms with Crippen molar-refractivity contribution in [2.24, 2.45) is 22.4 Å². The molecule has 2 aromatic rings. The summed E-state index contributed by atoms with van der Waals surface area (Å²) in [4.78, 5) is 13.4. The van der Waals surface area contributed by atoms with Gasteiger partial charge in [0.25, 0.3) is 0 Å². The van der Waals surface area contributed by atoms with Crippen LogP contribution in [-0.4, -0.2) is 34.0 Å². The lowest BCUT2D eigenvalue weighted by atomic mass is 9.68. The number of halogens is 2. The zero-order valence-electron chi connectivity index (χ0n) is 16.1. The van der Waals surface area contributed by atoms with E-state index < -0.39 is 23.1 Å². The molecule has 6 nitrogen and oxygen atoms in total. The first-order valence-electron chi connectivity index (χ1n) is 9.86. The number of hydrazone groups is 1. The fourth-order valence-corrected chi connectivity index (χ4v) is 5.28. The first-order chi connectivity index (χ1) is 14.0. The number of methoxy groups -OCH3 is 1. The summed E-state index contributed by atoms with van der Waals surface area (Å²) in [6.45, 7) is 0.755. The second kappa shape index (κ2) is 6.64. The molecule has 6 rings (SSSR count). The van der Waals surface area contributed by atoms with Crippen LogP contribution in [0.3, 0.4) is 0 Å². The molecule has 1 aromatic heterocycles. The standard InChI is InChI=1S/C21H22F2N4O2/c1-29-18-10-25-26(12-18)11-15-9-21(7-14(15)8-21)20(28)27-19(2-3-24-27)13-4-16(22)6-17(23)5-13/h3-6,10,12,14-15,19H,2,7-9,11H2,1H3/t14?,15-,19?,21?/m0/s1. The van der Waals surface area contributed by atoms with Gasteiger partial charge in [-0.3, -0.25) is 9.48 Å². The topological polar surface area (TPSA) is 59.7 Å². The highest BCUT2D eigenvalue weighted by Gasteiger charge is 2.61. The summed E-state index contributed by atoms with van der Waals surface area (Å²) in [5, 5.41) is 10.0. The molecule has 1 aliphatic heterocycles. The van der Waals surface area contributed by atoms with Crippen LogP contribution in [0.5, 0.6) is 5.75 Å². The van der Waals surface area contributed by atoms with E-state index in [-0.39, 0.29) is 5.91 Å². The first kappa shape index (κ1) is 18.3. The highest BCUT2D eigenvalue weighted by atomic mass is 19.1. The molecule has 3 aliphatic carbocycles. The molecular weight excluding hydrogens is 378 g/mol. The summed E-state index contributed by atoms with van der Waals surface area (Å²) >= 11 is 0. The van der Waals surface area contributed by atoms with Crippen LogP contribution in [0.15, 0.2) is 35.7 Å². The van der Waals surface area contributed by atoms with Gasteiger partial charge < -0.3 is 4.74 Å². The van der Waals surface area contributed by atoms with Gasteiger partial charge in [-0.05, 0) is 48.8 Å². The lowest BCUT2D eigenvalue weighted by Gasteiger charge is -2.40. The molecule has 1 amide bonds. The molecule has 2 bridgehead atoms. The Bertz CT molecular complexity index is 963. The largest absolute Gasteiger partial charge is 0.493 e. The smallest absolute Gasteiger partial charge is 0.249 e. The molecule has 0 N–H and O–H groups in total. The molecule has 3 fully saturated rings. The monoisotopic (exact) mass is 400 g/mol. The SMILES string of the molecule is COc1cnn(C[C@@H]2CC3(C(=O)N4N=CCC4c4cc(F)cc(F)c4)CC2C3)c1. The van der Waals surface area contributed by atoms with Gasteiger partial charge in [-0.15, -0.1) is 0 Å². The van der Waals surface area contributed by atoms with Gasteiger partial charge in [0, 0.05) is 25.2 Å². The molecule has 2 heterocycles. The van der Waals surface area contributed by atoms with E-state index >= 15 is 0 Å². The minimum Gasteiger partial charge on any atom is -0.493 e. The van der Waals surface area contributed by atoms with E-state index in [1.165, 1.54) is 17.1 Å². The van der Waals surface area contributed by atoms with Gasteiger partial charge in [-0.2, -0.15) is 10.2 Å². The van der Waals surface area contributed by atoms with E-state index in [0.29, 0.717) is 23.8 Å². The minimum atomic E-state index is -0.642. The lowest BCUT2D eigenvalue weighted by molar-refractivity contribution is -0.148. The van der Waals surface area contributed by atoms with E-state index in [1.54, 1.807) is 19.5 Å². The van der Waals surface area contributed by atoms with Crippen molar-refractivity contribution in [3.63, 3.8) is 0 Å². The number of carbonyl (C=O) groups is 1. The summed E-state index contributed by atoms with van der Waals surface area (Å²) in [5.41, 5.74) is 0.0251. The van der Waals surface area contributed by atoms with Crippen LogP contribution >= 0.6 is 0 Å². The van der Waals surface area contributed by atoms with Crippen LogP contribution in [0.4, 0.5) is 8.78 Å². The van der Waals surface area contributed by atoms with E-state index in [4.69, 9.17) is 4.74 Å². The van der Waals surface area contributed by atoms with Crippen molar-refractivity contribution in [2.45, 2.75) is 38.3 Å². The summed E-state index contributed by atoms with van der Waals surface area (Å²) in [7, 11) is 1.61. The molecule has 3 saturated carbocycles. The normalized spacial score (nSPS) is 29.9. The van der Waals surface area contributed by atoms with E-state index in [2.05, 4.69) is 10.2 Å². The fourth-order valence-electron chi connectivity index (χ4n) is 5.28. The number of nitrogens with zero attached hydrogens (tertiary/aromatic N) is 4. The summed E-state index contributed by atoms with van der Waals surface area (Å²) in [6, 6.07) is 2.96. The quantitative estimate of drug-likeness (QED) is 0.771. The van der Waals surface area contributed by atoms with Crippen molar-refractivity contribution in [3.8, 4) is 5.75 Å². The average molecular weight is 400 g/mol. The first-order valence-corrected chi connectivity index (χ1v) is 9.86. The van der Waals surface area contributed by atoms with Crippen molar-refractivity contribution in [1.29, 1.82) is 0 Å². The highest BCUT2D eigenvalue weighted by molar-refractivity contribution is 5.86. The number of hydrogen-bond acceptors (Lipinski definition) is 4. The Hall–Kier alpha value is -2.77. The predicted octanol–water partition coefficient (Wildman–Crippen LogP) is 3.55. The predicted molar refractivity (Wildman–Crippen MR) is 101 cm³/mol. The molecule has 1 aromatic carbocycles. The maximum Gasteiger partial charge on any atom is 0.249 e. The number of aromatic nitrogens is 2. The van der Waals surface area contributed by atoms with Gasteiger partial charge >= 0.3 is 0 Å². The van der Waals surface area contributed by atoms with Crippen LogP contribution in [0.1, 0.15) is 37.3 Å². The number of ether oxygens (including phenoxy) is 1. The van der Waals surface area contributed by atoms with Crippen molar-refractivity contribution < 1.29 is 18.3 Å². The van der Waals surface area contributed by atoms with Gasteiger partial charge in [0.05, 0.1) is 31.0 Å². The van der Waals surface area contributed by atoms with E-state index in [0.717, 1.165) is 37.6 Å². The Kier molecular flexibility index (Phi) is 4.18. The van der Waals surface area contributed by atoms with E-state index in [1.807, 2.05) is 10.9 Å². The van der Waals surface area contributed by atoms with Crippen LogP contribution in [0.25, 0.3) is 0 Å². The molecule has 0 saturated heterocycles. The fraction of sp³-hybridized carbons (Fsp3) is 0.476. The van der Waals surface area contributed by atoms with Crippen molar-refractivity contribution in [1.82, 2.24) is 14.8 Å². The molecule has 4 aliphatic rings. The molecule has 1 unspecified atom stereocenters. The Labute approximate surface area is 167 Å². The van der Waals surface area contributed by atoms with Gasteiger partial charge in [0.1, 0.15) is 11.6 Å². The second-order valence-electron chi connectivity index (χ2n) is 8.42. The number of benzene rings is 1. The average Bonchev–Trinajstić information content (AvgIpc) is 3.42. The summed E-state index contributed by atoms with van der Waals surface area (Å²) < 4.78 is 34.4. The van der Waals surface area contributed by atoms with Crippen LogP contribution in [0.2, 0.25) is 0 Å². The highest BCUT2D eigenvalue weighted by Crippen LogP contribution is 2.63. The third-order valence-corrected chi connectivity index (χ3v) is 6.65. The molecule has 152 valence electrons. The zero-order chi connectivity index (χ0) is 20.2. The molecule has 0 radical (unpaired) electrons. The van der Waals surface area contributed by atoms with Gasteiger partial charge in [-0.1, -0.05) is 0 Å². The molecule has 8 heteroatoms. The zero-order valence-corrected chi connectivity index (χ0v) is 16.1. The minimum absolute atomic E-state index is 0.0299. The van der Waals surface area contributed by atoms with Gasteiger partial charge in [0.15, 0.2) is 5.75 Å². The number of carbonyl (C=O) groups excluding carboxylic acids is 1. The van der Waals surface area contributed by atoms with Crippen molar-refractivity contribution >= 4 is 12.1 Å². The maximum atomic E-state index is 13.7. The summed E-state index contributed by atoms with van der Waals surface area (Å²) in [5.74, 6) is 0.273. The Morgan fingerprint density at radius 2 is 2.00 bits per heavy atom. The van der Waals surface area contributed by atoms with Gasteiger partial charge in [0.2, 0.25) is 5.91 Å². The Morgan fingerprint density at radius 1 is 1.24 bits per heavy atom. The molecule has 0 spiro atoms. The van der Waals surface area contributed by atoms with Crippen molar-refractivity contribution in [2.75, 3.05) is 7.11 Å². The number of amides is 1. The molecule has 2 atom stereocenters. The second-order valence-corrected chi connectivity index (χ2v) is 8.42. The molecular formula is C21H22F2N4O2. The summed E-state index contributed by atoms with van der Waals surface area (Å²) in [6.07, 6.45) is 8.13. The lowest BCUT2D eigenvalue weighted by Crippen LogP contribution is -2.45. The van der Waals surface area contributed by atoms with Crippen LogP contribution in [-0.2, 0) is 11.3 Å². The third kappa shape index (κ3) is 3.01. The maximum absolute atomic E-state index is 13.7. The number of hydrogen-bond donors (Lipinski definition) is 0. The third-order valence-electron chi connectivity index (χ3n) is 6.65. The van der Waals surface area contributed by atoms with Crippen LogP contribution < -0.4 is 4.74 Å². The number of rotatable bonds is 5. The van der Waals surface area contributed by atoms with Gasteiger partial charge in [-0.25, -0.2) is 13.8 Å². The van der Waals surface area contributed by atoms with Crippen molar-refractivity contribution in [3.05, 3.63) is 47.8 Å². The van der Waals surface area contributed by atoms with Crippen LogP contribution in [0, 0.1) is 28.9 Å². The Morgan fingerprint density at radius 3 is 2.69 bits per heavy atom. The number of fused-ring (bicyclic) bond motifs is 1.